The Balaban J connectivity index is 1.45. The van der Waals surface area contributed by atoms with Crippen molar-refractivity contribution in [3.05, 3.63) is 29.6 Å². The number of hydrogen-bond acceptors (Lipinski definition) is 7. The Bertz CT molecular complexity index is 1410. The Labute approximate surface area is 238 Å². The summed E-state index contributed by atoms with van der Waals surface area (Å²) in [6.07, 6.45) is 2.00. The first-order valence-corrected chi connectivity index (χ1v) is 14.6. The number of benzene rings is 1. The summed E-state index contributed by atoms with van der Waals surface area (Å²) in [6, 6.07) is 3.81. The van der Waals surface area contributed by atoms with Crippen molar-refractivity contribution in [3.63, 3.8) is 0 Å². The largest absolute Gasteiger partial charge is 0.461 e. The second-order valence-corrected chi connectivity index (χ2v) is 12.9. The maximum Gasteiger partial charge on any atom is 0.433 e. The third kappa shape index (κ3) is 5.27. The summed E-state index contributed by atoms with van der Waals surface area (Å²) >= 11 is 0. The van der Waals surface area contributed by atoms with Crippen LogP contribution in [0.5, 0.6) is 6.01 Å². The molecule has 0 saturated carbocycles. The summed E-state index contributed by atoms with van der Waals surface area (Å²) in [4.78, 5) is 14.6. The van der Waals surface area contributed by atoms with E-state index in [0.29, 0.717) is 36.4 Å². The summed E-state index contributed by atoms with van der Waals surface area (Å²) in [5.41, 5.74) is 0.715. The van der Waals surface area contributed by atoms with Crippen LogP contribution >= 0.6 is 0 Å². The van der Waals surface area contributed by atoms with Crippen LogP contribution in [0.3, 0.4) is 0 Å². The van der Waals surface area contributed by atoms with Gasteiger partial charge in [-0.3, -0.25) is 10.00 Å². The molecular weight excluding hydrogens is 533 g/mol. The number of hydrogen-bond donors (Lipinski definition) is 1. The van der Waals surface area contributed by atoms with Crippen LogP contribution in [-0.2, 0) is 10.9 Å². The number of halogens is 3. The lowest BCUT2D eigenvalue weighted by molar-refractivity contribution is -0.140. The molecule has 0 aliphatic carbocycles. The molecule has 5 heterocycles. The van der Waals surface area contributed by atoms with Gasteiger partial charge in [-0.15, -0.1) is 0 Å². The molecule has 222 valence electrons. The maximum atomic E-state index is 13.8. The zero-order valence-electron chi connectivity index (χ0n) is 24.3. The normalized spacial score (nSPS) is 21.8. The van der Waals surface area contributed by atoms with Crippen molar-refractivity contribution < 1.29 is 22.6 Å². The van der Waals surface area contributed by atoms with Gasteiger partial charge in [0.05, 0.1) is 23.4 Å². The monoisotopic (exact) mass is 572 g/mol. The third-order valence-electron chi connectivity index (χ3n) is 9.12. The number of nitrogens with zero attached hydrogens (tertiary/aromatic N) is 5. The van der Waals surface area contributed by atoms with E-state index >= 15 is 0 Å². The van der Waals surface area contributed by atoms with Crippen molar-refractivity contribution in [1.29, 1.82) is 0 Å². The number of anilines is 1. The fourth-order valence-corrected chi connectivity index (χ4v) is 6.80. The Morgan fingerprint density at radius 2 is 1.80 bits per heavy atom. The minimum absolute atomic E-state index is 0.00180. The van der Waals surface area contributed by atoms with Crippen molar-refractivity contribution >= 4 is 16.7 Å². The van der Waals surface area contributed by atoms with Gasteiger partial charge < -0.3 is 14.4 Å². The molecule has 3 aromatic rings. The van der Waals surface area contributed by atoms with Crippen LogP contribution in [0.25, 0.3) is 22.0 Å². The number of aromatic amines is 1. The minimum Gasteiger partial charge on any atom is -0.461 e. The highest BCUT2D eigenvalue weighted by Gasteiger charge is 2.45. The van der Waals surface area contributed by atoms with Gasteiger partial charge in [0.1, 0.15) is 18.1 Å². The maximum absolute atomic E-state index is 13.8. The smallest absolute Gasteiger partial charge is 0.433 e. The first-order chi connectivity index (χ1) is 19.5. The minimum atomic E-state index is -4.56. The summed E-state index contributed by atoms with van der Waals surface area (Å²) in [7, 11) is 0. The molecule has 3 fully saturated rings. The highest BCUT2D eigenvalue weighted by atomic mass is 19.4. The van der Waals surface area contributed by atoms with Gasteiger partial charge in [-0.25, -0.2) is 0 Å². The predicted octanol–water partition coefficient (Wildman–Crippen LogP) is 6.00. The van der Waals surface area contributed by atoms with Gasteiger partial charge >= 0.3 is 12.2 Å². The average Bonchev–Trinajstić information content (AvgIpc) is 3.59. The van der Waals surface area contributed by atoms with Crippen LogP contribution in [0.15, 0.2) is 18.3 Å². The molecule has 0 bridgehead atoms. The number of ether oxygens (including phenoxy) is 2. The fraction of sp³-hybridized carbons (Fsp3) is 0.633. The molecule has 1 N–H and O–H groups in total. The quantitative estimate of drug-likeness (QED) is 0.402. The molecule has 1 unspecified atom stereocenters. The molecule has 2 aromatic heterocycles. The SMILES string of the molecule is Cc1c(-c2cn[nH]c2C(F)(F)F)ccc2c(N3CCCOC(C(C)(C)C)C3)nc(OCC34CCCN3CCC4)nc12. The molecule has 0 amide bonds. The molecule has 0 spiro atoms. The number of aryl methyl sites for hydroxylation is 1. The Morgan fingerprint density at radius 1 is 1.05 bits per heavy atom. The summed E-state index contributed by atoms with van der Waals surface area (Å²) in [5, 5.41) is 6.63. The van der Waals surface area contributed by atoms with E-state index in [1.165, 1.54) is 6.20 Å². The zero-order valence-corrected chi connectivity index (χ0v) is 24.3. The summed E-state index contributed by atoms with van der Waals surface area (Å²) < 4.78 is 53.9. The highest BCUT2D eigenvalue weighted by molar-refractivity contribution is 5.96. The van der Waals surface area contributed by atoms with E-state index in [1.807, 2.05) is 13.0 Å². The molecule has 8 nitrogen and oxygen atoms in total. The lowest BCUT2D eigenvalue weighted by Gasteiger charge is -2.34. The first kappa shape index (κ1) is 28.2. The number of alkyl halides is 3. The predicted molar refractivity (Wildman–Crippen MR) is 151 cm³/mol. The summed E-state index contributed by atoms with van der Waals surface area (Å²) in [6.45, 7) is 13.0. The molecule has 1 atom stereocenters. The van der Waals surface area contributed by atoms with Gasteiger partial charge in [-0.2, -0.15) is 28.2 Å². The topological polar surface area (TPSA) is 79.4 Å². The Morgan fingerprint density at radius 3 is 2.51 bits per heavy atom. The van der Waals surface area contributed by atoms with E-state index in [2.05, 4.69) is 40.8 Å². The van der Waals surface area contributed by atoms with Crippen LogP contribution in [-0.4, -0.2) is 76.1 Å². The van der Waals surface area contributed by atoms with Crippen molar-refractivity contribution in [1.82, 2.24) is 25.1 Å². The van der Waals surface area contributed by atoms with Gasteiger partial charge in [0.25, 0.3) is 0 Å². The molecular formula is C30H39F3N6O2. The molecule has 41 heavy (non-hydrogen) atoms. The van der Waals surface area contributed by atoms with E-state index in [-0.39, 0.29) is 28.6 Å². The molecule has 3 saturated heterocycles. The number of aromatic nitrogens is 4. The van der Waals surface area contributed by atoms with Gasteiger partial charge in [0, 0.05) is 30.6 Å². The summed E-state index contributed by atoms with van der Waals surface area (Å²) in [5.74, 6) is 0.731. The van der Waals surface area contributed by atoms with E-state index in [0.717, 1.165) is 62.9 Å². The second kappa shape index (κ2) is 10.4. The zero-order chi connectivity index (χ0) is 29.0. The van der Waals surface area contributed by atoms with Crippen molar-refractivity contribution in [2.75, 3.05) is 44.3 Å². The molecule has 11 heteroatoms. The van der Waals surface area contributed by atoms with Crippen LogP contribution in [0.1, 0.15) is 64.1 Å². The number of rotatable bonds is 5. The number of nitrogens with one attached hydrogen (secondary N) is 1. The van der Waals surface area contributed by atoms with Crippen LogP contribution in [0, 0.1) is 12.3 Å². The van der Waals surface area contributed by atoms with E-state index < -0.39 is 11.9 Å². The van der Waals surface area contributed by atoms with Crippen LogP contribution in [0.4, 0.5) is 19.0 Å². The van der Waals surface area contributed by atoms with Gasteiger partial charge in [0.15, 0.2) is 0 Å². The molecule has 6 rings (SSSR count). The lowest BCUT2D eigenvalue weighted by Crippen LogP contribution is -2.43. The number of fused-ring (bicyclic) bond motifs is 2. The van der Waals surface area contributed by atoms with E-state index in [4.69, 9.17) is 19.4 Å². The van der Waals surface area contributed by atoms with Gasteiger partial charge in [-0.05, 0) is 74.7 Å². The second-order valence-electron chi connectivity index (χ2n) is 12.9. The Hall–Kier alpha value is -2.92. The van der Waals surface area contributed by atoms with E-state index in [1.54, 1.807) is 6.07 Å². The molecule has 0 radical (unpaired) electrons. The average molecular weight is 573 g/mol. The molecule has 3 aliphatic heterocycles. The highest BCUT2D eigenvalue weighted by Crippen LogP contribution is 2.41. The van der Waals surface area contributed by atoms with Crippen molar-refractivity contribution in [2.45, 2.75) is 77.6 Å². The van der Waals surface area contributed by atoms with E-state index in [9.17, 15) is 13.2 Å². The van der Waals surface area contributed by atoms with Crippen LogP contribution < -0.4 is 9.64 Å². The lowest BCUT2D eigenvalue weighted by atomic mass is 9.88. The fourth-order valence-electron chi connectivity index (χ4n) is 6.80. The number of H-pyrrole nitrogens is 1. The van der Waals surface area contributed by atoms with Crippen molar-refractivity contribution in [3.8, 4) is 17.1 Å². The third-order valence-corrected chi connectivity index (χ3v) is 9.12. The Kier molecular flexibility index (Phi) is 7.17. The van der Waals surface area contributed by atoms with Gasteiger partial charge in [0.2, 0.25) is 0 Å². The standard InChI is InChI=1S/C30H39F3N6O2/c1-19-20(22-16-34-37-25(22)30(31,32)33)8-9-21-24(19)35-27(41-18-29-10-5-13-39(29)14-6-11-29)36-26(21)38-12-7-15-40-23(17-38)28(2,3)4/h8-9,16,23H,5-7,10-15,17-18H2,1-4H3,(H,34,37). The molecule has 3 aliphatic rings. The molecule has 1 aromatic carbocycles. The van der Waals surface area contributed by atoms with Crippen LogP contribution in [0.2, 0.25) is 0 Å². The van der Waals surface area contributed by atoms with Crippen molar-refractivity contribution in [2.24, 2.45) is 5.41 Å². The first-order valence-electron chi connectivity index (χ1n) is 14.6. The van der Waals surface area contributed by atoms with Gasteiger partial charge in [-0.1, -0.05) is 26.8 Å².